The molecule has 0 bridgehead atoms. The molecule has 1 heterocycles. The largest absolute Gasteiger partial charge is 0.354 e. The number of hydrogen-bond donors (Lipinski definition) is 2. The van der Waals surface area contributed by atoms with E-state index in [0.29, 0.717) is 12.6 Å². The summed E-state index contributed by atoms with van der Waals surface area (Å²) in [5, 5.41) is 6.18. The summed E-state index contributed by atoms with van der Waals surface area (Å²) >= 11 is 0. The van der Waals surface area contributed by atoms with Crippen molar-refractivity contribution in [3.8, 4) is 0 Å². The molecule has 1 aromatic carbocycles. The Hall–Kier alpha value is -0.810. The molecule has 1 unspecified atom stereocenters. The molecule has 1 saturated heterocycles. The predicted octanol–water partition coefficient (Wildman–Crippen LogP) is 2.47. The van der Waals surface area contributed by atoms with Gasteiger partial charge < -0.3 is 10.6 Å². The predicted molar refractivity (Wildman–Crippen MR) is 100 cm³/mol. The Balaban J connectivity index is 0.00000242. The maximum atomic E-state index is 12.1. The van der Waals surface area contributed by atoms with Gasteiger partial charge in [0, 0.05) is 25.0 Å². The fourth-order valence-corrected chi connectivity index (χ4v) is 2.69. The third kappa shape index (κ3) is 7.53. The molecule has 23 heavy (non-hydrogen) atoms. The first-order chi connectivity index (χ1) is 10.2. The maximum Gasteiger partial charge on any atom is 0.223 e. The molecule has 4 nitrogen and oxygen atoms in total. The summed E-state index contributed by atoms with van der Waals surface area (Å²) in [6.45, 7) is 5.79. The number of carbonyl (C=O) groups is 1. The molecule has 0 saturated carbocycles. The van der Waals surface area contributed by atoms with Crippen molar-refractivity contribution < 1.29 is 4.79 Å². The number of benzene rings is 1. The van der Waals surface area contributed by atoms with Gasteiger partial charge in [0.05, 0.1) is 0 Å². The molecule has 132 valence electrons. The molecule has 2 rings (SSSR count). The Labute approximate surface area is 152 Å². The van der Waals surface area contributed by atoms with Crippen LogP contribution in [0.2, 0.25) is 0 Å². The minimum Gasteiger partial charge on any atom is -0.354 e. The second kappa shape index (κ2) is 11.7. The lowest BCUT2D eigenvalue weighted by molar-refractivity contribution is -0.126. The van der Waals surface area contributed by atoms with Gasteiger partial charge in [-0.15, -0.1) is 24.8 Å². The molecule has 1 aliphatic rings. The lowest BCUT2D eigenvalue weighted by Gasteiger charge is -2.31. The van der Waals surface area contributed by atoms with Crippen molar-refractivity contribution in [3.05, 3.63) is 35.9 Å². The summed E-state index contributed by atoms with van der Waals surface area (Å²) in [4.78, 5) is 14.6. The van der Waals surface area contributed by atoms with Crippen LogP contribution < -0.4 is 10.6 Å². The number of hydrogen-bond acceptors (Lipinski definition) is 3. The van der Waals surface area contributed by atoms with E-state index >= 15 is 0 Å². The molecule has 1 atom stereocenters. The first-order valence-corrected chi connectivity index (χ1v) is 7.90. The van der Waals surface area contributed by atoms with Gasteiger partial charge in [0.1, 0.15) is 0 Å². The van der Waals surface area contributed by atoms with Crippen LogP contribution in [0.4, 0.5) is 0 Å². The van der Waals surface area contributed by atoms with Gasteiger partial charge >= 0.3 is 0 Å². The summed E-state index contributed by atoms with van der Waals surface area (Å²) in [6.07, 6.45) is 1.93. The number of nitrogens with zero attached hydrogens (tertiary/aromatic N) is 1. The minimum atomic E-state index is 0. The first-order valence-electron chi connectivity index (χ1n) is 7.90. The Morgan fingerprint density at radius 2 is 1.83 bits per heavy atom. The average Bonchev–Trinajstić information content (AvgIpc) is 2.54. The van der Waals surface area contributed by atoms with Gasteiger partial charge in [-0.25, -0.2) is 0 Å². The number of likely N-dealkylation sites (tertiary alicyclic amines) is 1. The van der Waals surface area contributed by atoms with Crippen molar-refractivity contribution in [3.63, 3.8) is 0 Å². The Bertz CT molecular complexity index is 437. The molecule has 1 aromatic rings. The Morgan fingerprint density at radius 3 is 2.39 bits per heavy atom. The molecule has 1 fully saturated rings. The van der Waals surface area contributed by atoms with Crippen molar-refractivity contribution in [2.24, 2.45) is 5.92 Å². The van der Waals surface area contributed by atoms with Crippen molar-refractivity contribution in [1.82, 2.24) is 15.5 Å². The van der Waals surface area contributed by atoms with E-state index in [4.69, 9.17) is 0 Å². The number of amides is 1. The molecular formula is C17H29Cl2N3O. The molecular weight excluding hydrogens is 333 g/mol. The number of carbonyl (C=O) groups excluding carboxylic acids is 1. The standard InChI is InChI=1S/C17H27N3O.2ClH/c1-14(18-2)12-19-17(21)16-8-10-20(11-9-16)13-15-6-4-3-5-7-15;;/h3-7,14,16,18H,8-13H2,1-2H3,(H,19,21);2*1H. The van der Waals surface area contributed by atoms with Crippen molar-refractivity contribution in [2.45, 2.75) is 32.4 Å². The molecule has 0 aromatic heterocycles. The Morgan fingerprint density at radius 1 is 1.22 bits per heavy atom. The van der Waals surface area contributed by atoms with Crippen LogP contribution in [-0.4, -0.2) is 43.5 Å². The average molecular weight is 362 g/mol. The SMILES string of the molecule is CNC(C)CNC(=O)C1CCN(Cc2ccccc2)CC1.Cl.Cl. The van der Waals surface area contributed by atoms with Gasteiger partial charge in [0.15, 0.2) is 0 Å². The van der Waals surface area contributed by atoms with Gasteiger partial charge in [-0.05, 0) is 45.5 Å². The van der Waals surface area contributed by atoms with Crippen LogP contribution in [0.3, 0.4) is 0 Å². The van der Waals surface area contributed by atoms with Crippen LogP contribution in [0.1, 0.15) is 25.3 Å². The van der Waals surface area contributed by atoms with Crippen LogP contribution in [0.25, 0.3) is 0 Å². The Kier molecular flexibility index (Phi) is 11.3. The van der Waals surface area contributed by atoms with E-state index < -0.39 is 0 Å². The highest BCUT2D eigenvalue weighted by Crippen LogP contribution is 2.19. The molecule has 1 amide bonds. The van der Waals surface area contributed by atoms with Crippen LogP contribution in [0.15, 0.2) is 30.3 Å². The van der Waals surface area contributed by atoms with E-state index in [1.54, 1.807) is 0 Å². The zero-order valence-electron chi connectivity index (χ0n) is 14.0. The molecule has 0 radical (unpaired) electrons. The third-order valence-electron chi connectivity index (χ3n) is 4.28. The van der Waals surface area contributed by atoms with Crippen LogP contribution >= 0.6 is 24.8 Å². The molecule has 6 heteroatoms. The van der Waals surface area contributed by atoms with E-state index in [1.807, 2.05) is 13.1 Å². The summed E-state index contributed by atoms with van der Waals surface area (Å²) in [6, 6.07) is 10.9. The highest BCUT2D eigenvalue weighted by molar-refractivity contribution is 5.85. The second-order valence-corrected chi connectivity index (χ2v) is 5.97. The van der Waals surface area contributed by atoms with Crippen LogP contribution in [0, 0.1) is 5.92 Å². The van der Waals surface area contributed by atoms with Gasteiger partial charge in [-0.2, -0.15) is 0 Å². The summed E-state index contributed by atoms with van der Waals surface area (Å²) in [5.41, 5.74) is 1.35. The molecule has 0 aliphatic carbocycles. The minimum absolute atomic E-state index is 0. The molecule has 0 spiro atoms. The van der Waals surface area contributed by atoms with Gasteiger partial charge in [-0.3, -0.25) is 9.69 Å². The summed E-state index contributed by atoms with van der Waals surface area (Å²) in [7, 11) is 1.92. The topological polar surface area (TPSA) is 44.4 Å². The molecule has 2 N–H and O–H groups in total. The number of nitrogens with one attached hydrogen (secondary N) is 2. The fourth-order valence-electron chi connectivity index (χ4n) is 2.69. The van der Waals surface area contributed by atoms with Gasteiger partial charge in [0.25, 0.3) is 0 Å². The lowest BCUT2D eigenvalue weighted by atomic mass is 9.95. The number of likely N-dealkylation sites (N-methyl/N-ethyl adjacent to an activating group) is 1. The van der Waals surface area contributed by atoms with Gasteiger partial charge in [-0.1, -0.05) is 30.3 Å². The summed E-state index contributed by atoms with van der Waals surface area (Å²) < 4.78 is 0. The highest BCUT2D eigenvalue weighted by Gasteiger charge is 2.24. The van der Waals surface area contributed by atoms with Crippen molar-refractivity contribution >= 4 is 30.7 Å². The van der Waals surface area contributed by atoms with E-state index in [-0.39, 0.29) is 36.6 Å². The zero-order valence-corrected chi connectivity index (χ0v) is 15.6. The number of piperidine rings is 1. The van der Waals surface area contributed by atoms with E-state index in [2.05, 4.69) is 46.7 Å². The van der Waals surface area contributed by atoms with Crippen molar-refractivity contribution in [1.29, 1.82) is 0 Å². The lowest BCUT2D eigenvalue weighted by Crippen LogP contribution is -2.43. The quantitative estimate of drug-likeness (QED) is 0.817. The normalized spacial score (nSPS) is 16.8. The fraction of sp³-hybridized carbons (Fsp3) is 0.588. The highest BCUT2D eigenvalue weighted by atomic mass is 35.5. The summed E-state index contributed by atoms with van der Waals surface area (Å²) in [5.74, 6) is 0.401. The smallest absolute Gasteiger partial charge is 0.223 e. The number of rotatable bonds is 6. The van der Waals surface area contributed by atoms with E-state index in [1.165, 1.54) is 5.56 Å². The van der Waals surface area contributed by atoms with E-state index in [0.717, 1.165) is 32.5 Å². The molecule has 1 aliphatic heterocycles. The van der Waals surface area contributed by atoms with Crippen molar-refractivity contribution in [2.75, 3.05) is 26.7 Å². The van der Waals surface area contributed by atoms with Gasteiger partial charge in [0.2, 0.25) is 5.91 Å². The number of halogens is 2. The third-order valence-corrected chi connectivity index (χ3v) is 4.28. The van der Waals surface area contributed by atoms with Crippen LogP contribution in [0.5, 0.6) is 0 Å². The maximum absolute atomic E-state index is 12.1. The van der Waals surface area contributed by atoms with E-state index in [9.17, 15) is 4.79 Å². The monoisotopic (exact) mass is 361 g/mol. The second-order valence-electron chi connectivity index (χ2n) is 5.97. The van der Waals surface area contributed by atoms with Crippen LogP contribution in [-0.2, 0) is 11.3 Å². The first kappa shape index (κ1) is 22.2. The zero-order chi connectivity index (χ0) is 15.1.